The van der Waals surface area contributed by atoms with Crippen LogP contribution in [0, 0.1) is 5.82 Å². The van der Waals surface area contributed by atoms with Crippen LogP contribution in [-0.2, 0) is 4.79 Å². The number of nitrogens with one attached hydrogen (secondary N) is 2. The van der Waals surface area contributed by atoms with Crippen molar-refractivity contribution in [3.63, 3.8) is 0 Å². The lowest BCUT2D eigenvalue weighted by Crippen LogP contribution is -2.34. The van der Waals surface area contributed by atoms with Gasteiger partial charge in [0.05, 0.1) is 0 Å². The van der Waals surface area contributed by atoms with E-state index in [0.717, 1.165) is 25.9 Å². The Morgan fingerprint density at radius 1 is 1.25 bits per heavy atom. The van der Waals surface area contributed by atoms with E-state index in [1.165, 1.54) is 18.2 Å². The standard InChI is InChI=1S/C14H18FN3O2/c15-11-4-3-5-12(10-11)17-14(20)16-7-6-13(19)18-8-1-2-9-18/h3-5,10H,1-2,6-9H2,(H2,16,17,20). The Labute approximate surface area is 117 Å². The monoisotopic (exact) mass is 279 g/mol. The van der Waals surface area contributed by atoms with Gasteiger partial charge in [-0.05, 0) is 31.0 Å². The Morgan fingerprint density at radius 2 is 2.00 bits per heavy atom. The highest BCUT2D eigenvalue weighted by Crippen LogP contribution is 2.09. The number of carbonyl (C=O) groups excluding carboxylic acids is 2. The van der Waals surface area contributed by atoms with E-state index in [2.05, 4.69) is 10.6 Å². The molecular weight excluding hydrogens is 261 g/mol. The van der Waals surface area contributed by atoms with Gasteiger partial charge in [-0.15, -0.1) is 0 Å². The first-order chi connectivity index (χ1) is 9.65. The van der Waals surface area contributed by atoms with Crippen molar-refractivity contribution in [1.29, 1.82) is 0 Å². The first-order valence-corrected chi connectivity index (χ1v) is 6.73. The van der Waals surface area contributed by atoms with Crippen molar-refractivity contribution in [2.75, 3.05) is 25.0 Å². The van der Waals surface area contributed by atoms with E-state index >= 15 is 0 Å². The molecule has 6 heteroatoms. The summed E-state index contributed by atoms with van der Waals surface area (Å²) in [7, 11) is 0. The summed E-state index contributed by atoms with van der Waals surface area (Å²) in [6.07, 6.45) is 2.40. The number of likely N-dealkylation sites (tertiary alicyclic amines) is 1. The summed E-state index contributed by atoms with van der Waals surface area (Å²) in [5.41, 5.74) is 0.383. The molecule has 0 saturated carbocycles. The van der Waals surface area contributed by atoms with Gasteiger partial charge in [0.1, 0.15) is 5.82 Å². The minimum absolute atomic E-state index is 0.0635. The van der Waals surface area contributed by atoms with Crippen LogP contribution in [0.2, 0.25) is 0 Å². The molecule has 2 N–H and O–H groups in total. The predicted molar refractivity (Wildman–Crippen MR) is 73.9 cm³/mol. The fraction of sp³-hybridized carbons (Fsp3) is 0.429. The van der Waals surface area contributed by atoms with Crippen molar-refractivity contribution < 1.29 is 14.0 Å². The van der Waals surface area contributed by atoms with Gasteiger partial charge in [0.25, 0.3) is 0 Å². The second-order valence-corrected chi connectivity index (χ2v) is 4.73. The van der Waals surface area contributed by atoms with E-state index < -0.39 is 11.8 Å². The summed E-state index contributed by atoms with van der Waals surface area (Å²) in [5.74, 6) is -0.347. The second-order valence-electron chi connectivity index (χ2n) is 4.73. The smallest absolute Gasteiger partial charge is 0.319 e. The Bertz CT molecular complexity index is 487. The van der Waals surface area contributed by atoms with Crippen LogP contribution < -0.4 is 10.6 Å². The summed E-state index contributed by atoms with van der Waals surface area (Å²) in [5, 5.41) is 5.10. The van der Waals surface area contributed by atoms with Gasteiger partial charge in [0, 0.05) is 31.7 Å². The van der Waals surface area contributed by atoms with Crippen LogP contribution in [0.4, 0.5) is 14.9 Å². The molecule has 2 rings (SSSR count). The molecule has 0 aliphatic carbocycles. The Kier molecular flexibility index (Phi) is 4.92. The van der Waals surface area contributed by atoms with Crippen molar-refractivity contribution in [3.05, 3.63) is 30.1 Å². The zero-order valence-corrected chi connectivity index (χ0v) is 11.2. The third-order valence-electron chi connectivity index (χ3n) is 3.17. The first-order valence-electron chi connectivity index (χ1n) is 6.73. The number of nitrogens with zero attached hydrogens (tertiary/aromatic N) is 1. The number of urea groups is 1. The lowest BCUT2D eigenvalue weighted by molar-refractivity contribution is -0.129. The molecule has 1 heterocycles. The van der Waals surface area contributed by atoms with Crippen LogP contribution in [0.5, 0.6) is 0 Å². The average molecular weight is 279 g/mol. The lowest BCUT2D eigenvalue weighted by atomic mass is 10.3. The summed E-state index contributed by atoms with van der Waals surface area (Å²) >= 11 is 0. The summed E-state index contributed by atoms with van der Waals surface area (Å²) < 4.78 is 12.9. The topological polar surface area (TPSA) is 61.4 Å². The van der Waals surface area contributed by atoms with Gasteiger partial charge in [0.2, 0.25) is 5.91 Å². The van der Waals surface area contributed by atoms with E-state index in [9.17, 15) is 14.0 Å². The van der Waals surface area contributed by atoms with Crippen LogP contribution in [0.15, 0.2) is 24.3 Å². The van der Waals surface area contributed by atoms with Gasteiger partial charge in [-0.25, -0.2) is 9.18 Å². The number of hydrogen-bond donors (Lipinski definition) is 2. The lowest BCUT2D eigenvalue weighted by Gasteiger charge is -2.15. The van der Waals surface area contributed by atoms with E-state index in [1.807, 2.05) is 4.90 Å². The molecule has 0 unspecified atom stereocenters. The van der Waals surface area contributed by atoms with E-state index in [1.54, 1.807) is 6.07 Å². The summed E-state index contributed by atoms with van der Waals surface area (Å²) in [6.45, 7) is 1.90. The number of benzene rings is 1. The van der Waals surface area contributed by atoms with Crippen molar-refractivity contribution in [2.45, 2.75) is 19.3 Å². The molecule has 0 aromatic heterocycles. The molecule has 1 aromatic rings. The number of halogens is 1. The fourth-order valence-electron chi connectivity index (χ4n) is 2.15. The van der Waals surface area contributed by atoms with E-state index in [-0.39, 0.29) is 18.9 Å². The largest absolute Gasteiger partial charge is 0.343 e. The number of carbonyl (C=O) groups is 2. The van der Waals surface area contributed by atoms with E-state index in [0.29, 0.717) is 5.69 Å². The third-order valence-corrected chi connectivity index (χ3v) is 3.17. The third kappa shape index (κ3) is 4.22. The first kappa shape index (κ1) is 14.3. The van der Waals surface area contributed by atoms with Crippen molar-refractivity contribution in [2.24, 2.45) is 0 Å². The second kappa shape index (κ2) is 6.88. The predicted octanol–water partition coefficient (Wildman–Crippen LogP) is 1.96. The molecule has 1 saturated heterocycles. The molecule has 0 atom stereocenters. The molecular formula is C14H18FN3O2. The molecule has 0 radical (unpaired) electrons. The highest BCUT2D eigenvalue weighted by Gasteiger charge is 2.17. The SMILES string of the molecule is O=C(NCCC(=O)N1CCCC1)Nc1cccc(F)c1. The molecule has 3 amide bonds. The molecule has 1 fully saturated rings. The molecule has 1 aliphatic heterocycles. The number of amides is 3. The molecule has 5 nitrogen and oxygen atoms in total. The van der Waals surface area contributed by atoms with Crippen molar-refractivity contribution in [1.82, 2.24) is 10.2 Å². The van der Waals surface area contributed by atoms with Crippen LogP contribution in [-0.4, -0.2) is 36.5 Å². The van der Waals surface area contributed by atoms with Gasteiger partial charge in [0.15, 0.2) is 0 Å². The summed E-state index contributed by atoms with van der Waals surface area (Å²) in [6, 6.07) is 5.21. The Balaban J connectivity index is 1.68. The molecule has 20 heavy (non-hydrogen) atoms. The molecule has 108 valence electrons. The quantitative estimate of drug-likeness (QED) is 0.885. The zero-order valence-electron chi connectivity index (χ0n) is 11.2. The van der Waals surface area contributed by atoms with Crippen LogP contribution in [0.1, 0.15) is 19.3 Å². The van der Waals surface area contributed by atoms with Crippen LogP contribution >= 0.6 is 0 Å². The highest BCUT2D eigenvalue weighted by atomic mass is 19.1. The highest BCUT2D eigenvalue weighted by molar-refractivity contribution is 5.89. The van der Waals surface area contributed by atoms with Gasteiger partial charge in [-0.1, -0.05) is 6.07 Å². The van der Waals surface area contributed by atoms with Gasteiger partial charge in [-0.2, -0.15) is 0 Å². The number of hydrogen-bond acceptors (Lipinski definition) is 2. The van der Waals surface area contributed by atoms with E-state index in [4.69, 9.17) is 0 Å². The molecule has 1 aromatic carbocycles. The van der Waals surface area contributed by atoms with Crippen LogP contribution in [0.3, 0.4) is 0 Å². The Hall–Kier alpha value is -2.11. The van der Waals surface area contributed by atoms with Crippen LogP contribution in [0.25, 0.3) is 0 Å². The molecule has 0 spiro atoms. The van der Waals surface area contributed by atoms with Gasteiger partial charge >= 0.3 is 6.03 Å². The average Bonchev–Trinajstić information content (AvgIpc) is 2.92. The van der Waals surface area contributed by atoms with Gasteiger partial charge in [-0.3, -0.25) is 4.79 Å². The Morgan fingerprint density at radius 3 is 2.70 bits per heavy atom. The number of rotatable bonds is 4. The normalized spacial score (nSPS) is 14.2. The maximum atomic E-state index is 12.9. The maximum Gasteiger partial charge on any atom is 0.319 e. The van der Waals surface area contributed by atoms with Gasteiger partial charge < -0.3 is 15.5 Å². The minimum Gasteiger partial charge on any atom is -0.343 e. The van der Waals surface area contributed by atoms with Crippen molar-refractivity contribution >= 4 is 17.6 Å². The maximum absolute atomic E-state index is 12.9. The number of anilines is 1. The minimum atomic E-state index is -0.440. The zero-order chi connectivity index (χ0) is 14.4. The molecule has 0 bridgehead atoms. The molecule has 1 aliphatic rings. The fourth-order valence-corrected chi connectivity index (χ4v) is 2.15. The summed E-state index contributed by atoms with van der Waals surface area (Å²) in [4.78, 5) is 25.1. The van der Waals surface area contributed by atoms with Crippen molar-refractivity contribution in [3.8, 4) is 0 Å².